The van der Waals surface area contributed by atoms with Crippen LogP contribution in [0.3, 0.4) is 0 Å². The summed E-state index contributed by atoms with van der Waals surface area (Å²) in [7, 11) is 0. The molecule has 2 bridgehead atoms. The van der Waals surface area contributed by atoms with Gasteiger partial charge in [-0.3, -0.25) is 14.6 Å². The van der Waals surface area contributed by atoms with E-state index < -0.39 is 0 Å². The number of benzene rings is 1. The van der Waals surface area contributed by atoms with Crippen molar-refractivity contribution < 1.29 is 14.0 Å². The molecule has 6 nitrogen and oxygen atoms in total. The van der Waals surface area contributed by atoms with Gasteiger partial charge in [-0.25, -0.2) is 9.37 Å². The van der Waals surface area contributed by atoms with Crippen LogP contribution in [0.1, 0.15) is 28.9 Å². The smallest absolute Gasteiger partial charge is 0.274 e. The highest BCUT2D eigenvalue weighted by Gasteiger charge is 2.38. The van der Waals surface area contributed by atoms with E-state index in [4.69, 9.17) is 0 Å². The van der Waals surface area contributed by atoms with Gasteiger partial charge in [0.1, 0.15) is 11.5 Å². The summed E-state index contributed by atoms with van der Waals surface area (Å²) in [6.07, 6.45) is 6.68. The molecule has 4 heterocycles. The molecule has 0 saturated carbocycles. The van der Waals surface area contributed by atoms with E-state index in [1.165, 1.54) is 24.5 Å². The molecule has 2 aromatic rings. The van der Waals surface area contributed by atoms with E-state index in [2.05, 4.69) is 9.97 Å². The van der Waals surface area contributed by atoms with Gasteiger partial charge >= 0.3 is 0 Å². The number of hydrogen-bond donors (Lipinski definition) is 0. The fourth-order valence-corrected chi connectivity index (χ4v) is 4.00. The molecule has 0 radical (unpaired) electrons. The Labute approximate surface area is 157 Å². The van der Waals surface area contributed by atoms with Crippen LogP contribution in [-0.2, 0) is 11.2 Å². The molecule has 27 heavy (non-hydrogen) atoms. The van der Waals surface area contributed by atoms with Crippen LogP contribution in [0, 0.1) is 11.7 Å². The molecule has 3 aliphatic rings. The maximum absolute atomic E-state index is 13.1. The Hall–Kier alpha value is -2.83. The quantitative estimate of drug-likeness (QED) is 0.830. The first kappa shape index (κ1) is 17.6. The van der Waals surface area contributed by atoms with Crippen LogP contribution in [0.25, 0.3) is 0 Å². The van der Waals surface area contributed by atoms with Crippen LogP contribution < -0.4 is 0 Å². The van der Waals surface area contributed by atoms with Crippen molar-refractivity contribution in [2.75, 3.05) is 19.6 Å². The van der Waals surface area contributed by atoms with E-state index in [1.807, 2.05) is 4.90 Å². The molecule has 7 heteroatoms. The summed E-state index contributed by atoms with van der Waals surface area (Å²) in [5, 5.41) is 0. The third-order valence-electron chi connectivity index (χ3n) is 5.37. The predicted molar refractivity (Wildman–Crippen MR) is 96.3 cm³/mol. The summed E-state index contributed by atoms with van der Waals surface area (Å²) in [4.78, 5) is 37.4. The zero-order valence-corrected chi connectivity index (χ0v) is 14.9. The largest absolute Gasteiger partial charge is 0.337 e. The lowest BCUT2D eigenvalue weighted by Crippen LogP contribution is -2.48. The minimum atomic E-state index is -0.307. The number of amides is 2. The Bertz CT molecular complexity index is 828. The molecule has 3 fully saturated rings. The van der Waals surface area contributed by atoms with Gasteiger partial charge < -0.3 is 9.80 Å². The standard InChI is InChI=1S/C20H21FN4O2/c21-16-4-1-14(2-5-16)9-19(26)25-12-15-3-6-17(25)13-24(11-15)20(27)18-10-22-7-8-23-18/h1-2,4-5,7-8,10,15,17H,3,6,9,11-13H2/t15-,17+/m1/s1. The predicted octanol–water partition coefficient (Wildman–Crippen LogP) is 1.92. The number of piperidine rings is 1. The van der Waals surface area contributed by atoms with Crippen molar-refractivity contribution in [3.8, 4) is 0 Å². The van der Waals surface area contributed by atoms with Crippen molar-refractivity contribution in [3.63, 3.8) is 0 Å². The summed E-state index contributed by atoms with van der Waals surface area (Å²) < 4.78 is 13.1. The maximum Gasteiger partial charge on any atom is 0.274 e. The number of nitrogens with zero attached hydrogens (tertiary/aromatic N) is 4. The van der Waals surface area contributed by atoms with Crippen LogP contribution in [0.5, 0.6) is 0 Å². The second-order valence-electron chi connectivity index (χ2n) is 7.25. The van der Waals surface area contributed by atoms with Crippen molar-refractivity contribution in [2.45, 2.75) is 25.3 Å². The Kier molecular flexibility index (Phi) is 4.83. The van der Waals surface area contributed by atoms with E-state index in [9.17, 15) is 14.0 Å². The number of rotatable bonds is 3. The van der Waals surface area contributed by atoms with Crippen LogP contribution in [0.2, 0.25) is 0 Å². The third-order valence-corrected chi connectivity index (χ3v) is 5.37. The highest BCUT2D eigenvalue weighted by atomic mass is 19.1. The monoisotopic (exact) mass is 368 g/mol. The SMILES string of the molecule is O=C(c1cnccn1)N1C[C@H]2CC[C@@H](C1)N(C(=O)Cc1ccc(F)cc1)C2. The zero-order valence-electron chi connectivity index (χ0n) is 14.9. The second kappa shape index (κ2) is 7.42. The first-order chi connectivity index (χ1) is 13.1. The fraction of sp³-hybridized carbons (Fsp3) is 0.400. The normalized spacial score (nSPS) is 21.8. The molecule has 3 saturated heterocycles. The lowest BCUT2D eigenvalue weighted by Gasteiger charge is -2.36. The molecule has 5 rings (SSSR count). The van der Waals surface area contributed by atoms with Gasteiger partial charge in [0.2, 0.25) is 5.91 Å². The van der Waals surface area contributed by atoms with Gasteiger partial charge in [-0.15, -0.1) is 0 Å². The molecule has 0 unspecified atom stereocenters. The number of carbonyl (C=O) groups is 2. The summed E-state index contributed by atoms with van der Waals surface area (Å²) in [6.45, 7) is 1.81. The highest BCUT2D eigenvalue weighted by Crippen LogP contribution is 2.29. The fourth-order valence-electron chi connectivity index (χ4n) is 4.00. The number of carbonyl (C=O) groups excluding carboxylic acids is 2. The molecule has 1 aromatic heterocycles. The Balaban J connectivity index is 1.47. The molecule has 3 aliphatic heterocycles. The van der Waals surface area contributed by atoms with Crippen molar-refractivity contribution in [3.05, 3.63) is 59.9 Å². The average Bonchev–Trinajstić information content (AvgIpc) is 3.02. The molecular formula is C20H21FN4O2. The summed E-state index contributed by atoms with van der Waals surface area (Å²) in [5.74, 6) is -0.141. The second-order valence-corrected chi connectivity index (χ2v) is 7.25. The lowest BCUT2D eigenvalue weighted by molar-refractivity contribution is -0.134. The van der Waals surface area contributed by atoms with Gasteiger partial charge in [-0.05, 0) is 36.5 Å². The summed E-state index contributed by atoms with van der Waals surface area (Å²) >= 11 is 0. The van der Waals surface area contributed by atoms with Crippen molar-refractivity contribution in [2.24, 2.45) is 5.92 Å². The van der Waals surface area contributed by atoms with E-state index in [0.29, 0.717) is 25.3 Å². The number of halogens is 1. The topological polar surface area (TPSA) is 66.4 Å². The first-order valence-electron chi connectivity index (χ1n) is 9.19. The molecule has 2 atom stereocenters. The van der Waals surface area contributed by atoms with E-state index in [-0.39, 0.29) is 36.0 Å². The van der Waals surface area contributed by atoms with Gasteiger partial charge in [0.15, 0.2) is 0 Å². The van der Waals surface area contributed by atoms with Crippen molar-refractivity contribution in [1.29, 1.82) is 0 Å². The van der Waals surface area contributed by atoms with Gasteiger partial charge in [-0.2, -0.15) is 0 Å². The number of aromatic nitrogens is 2. The summed E-state index contributed by atoms with van der Waals surface area (Å²) in [5.41, 5.74) is 1.14. The highest BCUT2D eigenvalue weighted by molar-refractivity contribution is 5.92. The molecule has 2 amide bonds. The van der Waals surface area contributed by atoms with Gasteiger partial charge in [0.05, 0.1) is 12.6 Å². The maximum atomic E-state index is 13.1. The summed E-state index contributed by atoms with van der Waals surface area (Å²) in [6, 6.07) is 6.05. The Morgan fingerprint density at radius 3 is 2.63 bits per heavy atom. The van der Waals surface area contributed by atoms with Crippen LogP contribution >= 0.6 is 0 Å². The van der Waals surface area contributed by atoms with Crippen LogP contribution in [-0.4, -0.2) is 57.3 Å². The van der Waals surface area contributed by atoms with E-state index >= 15 is 0 Å². The first-order valence-corrected chi connectivity index (χ1v) is 9.19. The van der Waals surface area contributed by atoms with Crippen LogP contribution in [0.15, 0.2) is 42.9 Å². The molecule has 0 aliphatic carbocycles. The molecular weight excluding hydrogens is 347 g/mol. The third kappa shape index (κ3) is 3.82. The van der Waals surface area contributed by atoms with Gasteiger partial charge in [-0.1, -0.05) is 12.1 Å². The van der Waals surface area contributed by atoms with Gasteiger partial charge in [0.25, 0.3) is 5.91 Å². The number of hydrogen-bond acceptors (Lipinski definition) is 4. The molecule has 140 valence electrons. The van der Waals surface area contributed by atoms with Crippen molar-refractivity contribution >= 4 is 11.8 Å². The minimum Gasteiger partial charge on any atom is -0.337 e. The van der Waals surface area contributed by atoms with Crippen molar-refractivity contribution in [1.82, 2.24) is 19.8 Å². The van der Waals surface area contributed by atoms with E-state index in [1.54, 1.807) is 23.2 Å². The minimum absolute atomic E-state index is 0.0114. The molecule has 1 aromatic carbocycles. The average molecular weight is 368 g/mol. The molecule has 0 spiro atoms. The Morgan fingerprint density at radius 1 is 1.07 bits per heavy atom. The lowest BCUT2D eigenvalue weighted by atomic mass is 9.94. The Morgan fingerprint density at radius 2 is 1.89 bits per heavy atom. The van der Waals surface area contributed by atoms with Gasteiger partial charge in [0, 0.05) is 38.1 Å². The zero-order chi connectivity index (χ0) is 18.8. The number of fused-ring (bicyclic) bond motifs is 4. The molecule has 0 N–H and O–H groups in total. The van der Waals surface area contributed by atoms with E-state index in [0.717, 1.165) is 18.4 Å². The van der Waals surface area contributed by atoms with Crippen LogP contribution in [0.4, 0.5) is 4.39 Å².